The predicted octanol–water partition coefficient (Wildman–Crippen LogP) is 4.50. The molecule has 2 aromatic carbocycles. The van der Waals surface area contributed by atoms with Crippen LogP contribution < -0.4 is 4.74 Å². The molecule has 1 saturated heterocycles. The highest BCUT2D eigenvalue weighted by molar-refractivity contribution is 6.46. The van der Waals surface area contributed by atoms with E-state index in [-0.39, 0.29) is 11.3 Å². The average Bonchev–Trinajstić information content (AvgIpc) is 3.03. The molecule has 1 atom stereocenters. The lowest BCUT2D eigenvalue weighted by atomic mass is 9.95. The second-order valence-electron chi connectivity index (χ2n) is 8.07. The Morgan fingerprint density at radius 3 is 2.34 bits per heavy atom. The number of aliphatic hydroxyl groups excluding tert-OH is 1. The number of benzene rings is 2. The molecule has 1 heterocycles. The Morgan fingerprint density at radius 1 is 1.09 bits per heavy atom. The summed E-state index contributed by atoms with van der Waals surface area (Å²) in [6.45, 7) is 3.65. The van der Waals surface area contributed by atoms with Crippen LogP contribution in [0.5, 0.6) is 5.75 Å². The SMILES string of the molecule is CCCCOc1ccc(/C(O)=C2\C(=O)C(=O)N(CCN(C)C)C2c2ccc(Cl)cc2)cc1. The number of ether oxygens (including phenoxy) is 1. The van der Waals surface area contributed by atoms with Gasteiger partial charge in [-0.2, -0.15) is 0 Å². The maximum absolute atomic E-state index is 13.0. The molecular weight excluding hydrogens is 428 g/mol. The molecule has 7 heteroatoms. The molecule has 32 heavy (non-hydrogen) atoms. The molecule has 0 aliphatic carbocycles. The minimum absolute atomic E-state index is 0.0794. The first kappa shape index (κ1) is 23.8. The molecule has 170 valence electrons. The second kappa shape index (κ2) is 10.7. The van der Waals surface area contributed by atoms with Crippen molar-refractivity contribution in [2.45, 2.75) is 25.8 Å². The number of hydrogen-bond acceptors (Lipinski definition) is 5. The van der Waals surface area contributed by atoms with E-state index in [1.54, 1.807) is 48.5 Å². The largest absolute Gasteiger partial charge is 0.507 e. The van der Waals surface area contributed by atoms with Crippen LogP contribution in [0.2, 0.25) is 5.02 Å². The van der Waals surface area contributed by atoms with Gasteiger partial charge < -0.3 is 19.6 Å². The quantitative estimate of drug-likeness (QED) is 0.260. The molecule has 1 aliphatic rings. The third kappa shape index (κ3) is 5.31. The van der Waals surface area contributed by atoms with Gasteiger partial charge in [0.1, 0.15) is 11.5 Å². The van der Waals surface area contributed by atoms with E-state index in [1.165, 1.54) is 4.90 Å². The minimum atomic E-state index is -0.690. The zero-order valence-corrected chi connectivity index (χ0v) is 19.4. The molecule has 0 aromatic heterocycles. The van der Waals surface area contributed by atoms with Crippen molar-refractivity contribution in [1.82, 2.24) is 9.80 Å². The topological polar surface area (TPSA) is 70.1 Å². The van der Waals surface area contributed by atoms with Gasteiger partial charge in [0.15, 0.2) is 0 Å². The van der Waals surface area contributed by atoms with Crippen LogP contribution in [-0.4, -0.2) is 60.4 Å². The van der Waals surface area contributed by atoms with Crippen molar-refractivity contribution < 1.29 is 19.4 Å². The highest BCUT2D eigenvalue weighted by atomic mass is 35.5. The number of carbonyl (C=O) groups is 2. The van der Waals surface area contributed by atoms with E-state index in [9.17, 15) is 14.7 Å². The first-order chi connectivity index (χ1) is 15.3. The lowest BCUT2D eigenvalue weighted by molar-refractivity contribution is -0.140. The van der Waals surface area contributed by atoms with Crippen LogP contribution in [0.25, 0.3) is 5.76 Å². The number of Topliss-reactive ketones (excluding diaryl/α,β-unsaturated/α-hetero) is 1. The fourth-order valence-electron chi connectivity index (χ4n) is 3.61. The Kier molecular flexibility index (Phi) is 7.94. The first-order valence-electron chi connectivity index (χ1n) is 10.7. The van der Waals surface area contributed by atoms with Crippen molar-refractivity contribution in [3.63, 3.8) is 0 Å². The number of hydrogen-bond donors (Lipinski definition) is 1. The van der Waals surface area contributed by atoms with Crippen molar-refractivity contribution in [3.05, 3.63) is 70.3 Å². The van der Waals surface area contributed by atoms with Crippen LogP contribution in [0.3, 0.4) is 0 Å². The van der Waals surface area contributed by atoms with E-state index in [0.29, 0.717) is 41.6 Å². The number of likely N-dealkylation sites (N-methyl/N-ethyl adjacent to an activating group) is 1. The summed E-state index contributed by atoms with van der Waals surface area (Å²) in [7, 11) is 3.80. The van der Waals surface area contributed by atoms with Gasteiger partial charge in [0.2, 0.25) is 0 Å². The molecule has 1 unspecified atom stereocenters. The number of nitrogens with zero attached hydrogens (tertiary/aromatic N) is 2. The minimum Gasteiger partial charge on any atom is -0.507 e. The molecular formula is C25H29ClN2O4. The molecule has 0 spiro atoms. The molecule has 0 bridgehead atoms. The van der Waals surface area contributed by atoms with Crippen molar-refractivity contribution >= 4 is 29.1 Å². The monoisotopic (exact) mass is 456 g/mol. The zero-order chi connectivity index (χ0) is 23.3. The fourth-order valence-corrected chi connectivity index (χ4v) is 3.73. The third-order valence-electron chi connectivity index (χ3n) is 5.41. The van der Waals surface area contributed by atoms with Crippen LogP contribution in [0.15, 0.2) is 54.1 Å². The second-order valence-corrected chi connectivity index (χ2v) is 8.51. The summed E-state index contributed by atoms with van der Waals surface area (Å²) in [5.74, 6) is -0.816. The number of aliphatic hydroxyl groups is 1. The molecule has 0 saturated carbocycles. The van der Waals surface area contributed by atoms with Gasteiger partial charge in [0, 0.05) is 23.7 Å². The van der Waals surface area contributed by atoms with Crippen LogP contribution in [0.4, 0.5) is 0 Å². The maximum atomic E-state index is 13.0. The van der Waals surface area contributed by atoms with Crippen molar-refractivity contribution in [2.75, 3.05) is 33.8 Å². The van der Waals surface area contributed by atoms with Crippen LogP contribution in [-0.2, 0) is 9.59 Å². The molecule has 1 fully saturated rings. The number of rotatable bonds is 9. The Labute approximate surface area is 194 Å². The van der Waals surface area contributed by atoms with Gasteiger partial charge in [-0.25, -0.2) is 0 Å². The molecule has 3 rings (SSSR count). The van der Waals surface area contributed by atoms with Gasteiger partial charge in [-0.3, -0.25) is 9.59 Å². The Balaban J connectivity index is 2.00. The summed E-state index contributed by atoms with van der Waals surface area (Å²) in [4.78, 5) is 29.3. The zero-order valence-electron chi connectivity index (χ0n) is 18.7. The summed E-state index contributed by atoms with van der Waals surface area (Å²) < 4.78 is 5.67. The third-order valence-corrected chi connectivity index (χ3v) is 5.66. The highest BCUT2D eigenvalue weighted by Gasteiger charge is 2.45. The summed E-state index contributed by atoms with van der Waals surface area (Å²) in [5, 5.41) is 11.7. The molecule has 1 aliphatic heterocycles. The van der Waals surface area contributed by atoms with E-state index in [2.05, 4.69) is 6.92 Å². The normalized spacial score (nSPS) is 17.9. The van der Waals surface area contributed by atoms with E-state index < -0.39 is 17.7 Å². The number of carbonyl (C=O) groups excluding carboxylic acids is 2. The van der Waals surface area contributed by atoms with E-state index in [0.717, 1.165) is 12.8 Å². The van der Waals surface area contributed by atoms with Gasteiger partial charge in [-0.1, -0.05) is 37.1 Å². The van der Waals surface area contributed by atoms with E-state index >= 15 is 0 Å². The van der Waals surface area contributed by atoms with Gasteiger partial charge in [0.05, 0.1) is 18.2 Å². The Hall–Kier alpha value is -2.83. The molecule has 2 aromatic rings. The molecule has 0 radical (unpaired) electrons. The fraction of sp³-hybridized carbons (Fsp3) is 0.360. The standard InChI is InChI=1S/C25H29ClN2O4/c1-4-5-16-32-20-12-8-18(9-13-20)23(29)21-22(17-6-10-19(26)11-7-17)28(15-14-27(2)3)25(31)24(21)30/h6-13,22,29H,4-5,14-16H2,1-3H3/b23-21+. The van der Waals surface area contributed by atoms with Crippen molar-refractivity contribution in [1.29, 1.82) is 0 Å². The smallest absolute Gasteiger partial charge is 0.295 e. The Morgan fingerprint density at radius 2 is 1.75 bits per heavy atom. The lowest BCUT2D eigenvalue weighted by Crippen LogP contribution is -2.35. The molecule has 6 nitrogen and oxygen atoms in total. The van der Waals surface area contributed by atoms with Crippen LogP contribution in [0, 0.1) is 0 Å². The van der Waals surface area contributed by atoms with E-state index in [4.69, 9.17) is 16.3 Å². The van der Waals surface area contributed by atoms with Crippen molar-refractivity contribution in [3.8, 4) is 5.75 Å². The van der Waals surface area contributed by atoms with E-state index in [1.807, 2.05) is 19.0 Å². The van der Waals surface area contributed by atoms with Crippen molar-refractivity contribution in [2.24, 2.45) is 0 Å². The van der Waals surface area contributed by atoms with Crippen LogP contribution in [0.1, 0.15) is 36.9 Å². The van der Waals surface area contributed by atoms with Gasteiger partial charge in [0.25, 0.3) is 11.7 Å². The van der Waals surface area contributed by atoms with Gasteiger partial charge in [-0.05, 0) is 62.5 Å². The average molecular weight is 457 g/mol. The predicted molar refractivity (Wildman–Crippen MR) is 126 cm³/mol. The molecule has 1 N–H and O–H groups in total. The summed E-state index contributed by atoms with van der Waals surface area (Å²) >= 11 is 6.04. The highest BCUT2D eigenvalue weighted by Crippen LogP contribution is 2.39. The van der Waals surface area contributed by atoms with Gasteiger partial charge >= 0.3 is 0 Å². The summed E-state index contributed by atoms with van der Waals surface area (Å²) in [5.41, 5.74) is 1.25. The maximum Gasteiger partial charge on any atom is 0.295 e. The number of ketones is 1. The molecule has 1 amide bonds. The first-order valence-corrected chi connectivity index (χ1v) is 11.1. The van der Waals surface area contributed by atoms with Crippen LogP contribution >= 0.6 is 11.6 Å². The number of amides is 1. The van der Waals surface area contributed by atoms with Gasteiger partial charge in [-0.15, -0.1) is 0 Å². The summed E-state index contributed by atoms with van der Waals surface area (Å²) in [6, 6.07) is 13.2. The number of unbranched alkanes of at least 4 members (excludes halogenated alkanes) is 1. The summed E-state index contributed by atoms with van der Waals surface area (Å²) in [6.07, 6.45) is 2.00. The lowest BCUT2D eigenvalue weighted by Gasteiger charge is -2.26. The number of likely N-dealkylation sites (tertiary alicyclic amines) is 1. The Bertz CT molecular complexity index is 984. The number of halogens is 1.